The third-order valence-corrected chi connectivity index (χ3v) is 1.25. The molecule has 0 aliphatic carbocycles. The van der Waals surface area contributed by atoms with E-state index in [1.807, 2.05) is 6.92 Å². The second-order valence-electron chi connectivity index (χ2n) is 2.08. The molecule has 0 saturated heterocycles. The van der Waals surface area contributed by atoms with E-state index < -0.39 is 6.16 Å². The summed E-state index contributed by atoms with van der Waals surface area (Å²) < 4.78 is 4.36. The van der Waals surface area contributed by atoms with Crippen LogP contribution in [-0.4, -0.2) is 17.9 Å². The summed E-state index contributed by atoms with van der Waals surface area (Å²) in [7, 11) is 0. The van der Waals surface area contributed by atoms with Crippen molar-refractivity contribution in [2.45, 2.75) is 20.3 Å². The largest absolute Gasteiger partial charge is 0.505 e. The van der Waals surface area contributed by atoms with E-state index in [1.165, 1.54) is 0 Å². The van der Waals surface area contributed by atoms with Gasteiger partial charge in [0.1, 0.15) is 6.61 Å². The summed E-state index contributed by atoms with van der Waals surface area (Å²) in [5.41, 5.74) is 0. The molecule has 0 aromatic rings. The lowest BCUT2D eigenvalue weighted by Gasteiger charge is -2.05. The lowest BCUT2D eigenvalue weighted by molar-refractivity contribution is 0.0832. The van der Waals surface area contributed by atoms with Crippen LogP contribution in [0.25, 0.3) is 0 Å². The number of ether oxygens (including phenoxy) is 1. The van der Waals surface area contributed by atoms with Gasteiger partial charge in [-0.2, -0.15) is 0 Å². The topological polar surface area (TPSA) is 46.5 Å². The highest BCUT2D eigenvalue weighted by Crippen LogP contribution is 2.00. The molecule has 1 unspecified atom stereocenters. The Kier molecular flexibility index (Phi) is 5.01. The van der Waals surface area contributed by atoms with Crippen molar-refractivity contribution in [2.24, 2.45) is 5.92 Å². The number of hydrogen-bond donors (Lipinski definition) is 1. The van der Waals surface area contributed by atoms with Crippen LogP contribution in [0.2, 0.25) is 0 Å². The maximum Gasteiger partial charge on any atom is 0.505 e. The Hall–Kier alpha value is -1.17. The van der Waals surface area contributed by atoms with Gasteiger partial charge in [0.05, 0.1) is 5.92 Å². The van der Waals surface area contributed by atoms with E-state index in [0.717, 1.165) is 6.42 Å². The molecule has 62 valence electrons. The second-order valence-corrected chi connectivity index (χ2v) is 2.08. The van der Waals surface area contributed by atoms with Crippen molar-refractivity contribution >= 4 is 6.16 Å². The fraction of sp³-hybridized carbons (Fsp3) is 0.625. The minimum atomic E-state index is -1.23. The molecule has 0 amide bonds. The van der Waals surface area contributed by atoms with E-state index in [-0.39, 0.29) is 12.5 Å². The van der Waals surface area contributed by atoms with Crippen molar-refractivity contribution in [1.82, 2.24) is 0 Å². The molecule has 0 aromatic heterocycles. The molecule has 0 saturated carbocycles. The lowest BCUT2D eigenvalue weighted by atomic mass is 10.1. The molecule has 0 rings (SSSR count). The summed E-state index contributed by atoms with van der Waals surface area (Å²) >= 11 is 0. The third kappa shape index (κ3) is 5.28. The van der Waals surface area contributed by atoms with Gasteiger partial charge in [0.2, 0.25) is 0 Å². The summed E-state index contributed by atoms with van der Waals surface area (Å²) in [6, 6.07) is 0. The van der Waals surface area contributed by atoms with Crippen molar-refractivity contribution in [3.05, 3.63) is 0 Å². The highest BCUT2D eigenvalue weighted by molar-refractivity contribution is 5.56. The average Bonchev–Trinajstić information content (AvgIpc) is 1.97. The minimum absolute atomic E-state index is 0.0381. The zero-order valence-corrected chi connectivity index (χ0v) is 6.76. The Morgan fingerprint density at radius 3 is 2.73 bits per heavy atom. The smallest absolute Gasteiger partial charge is 0.450 e. The maximum absolute atomic E-state index is 9.95. The van der Waals surface area contributed by atoms with Gasteiger partial charge >= 0.3 is 6.16 Å². The highest BCUT2D eigenvalue weighted by atomic mass is 16.7. The Labute approximate surface area is 66.4 Å². The van der Waals surface area contributed by atoms with Gasteiger partial charge in [-0.15, -0.1) is 5.92 Å². The van der Waals surface area contributed by atoms with Gasteiger partial charge in [0, 0.05) is 0 Å². The van der Waals surface area contributed by atoms with Crippen LogP contribution in [0, 0.1) is 17.8 Å². The van der Waals surface area contributed by atoms with Gasteiger partial charge < -0.3 is 9.84 Å². The molecule has 0 aliphatic heterocycles. The van der Waals surface area contributed by atoms with Crippen LogP contribution in [0.5, 0.6) is 0 Å². The summed E-state index contributed by atoms with van der Waals surface area (Å²) in [4.78, 5) is 9.95. The zero-order chi connectivity index (χ0) is 8.69. The zero-order valence-electron chi connectivity index (χ0n) is 6.76. The summed E-state index contributed by atoms with van der Waals surface area (Å²) in [5.74, 6) is 5.61. The summed E-state index contributed by atoms with van der Waals surface area (Å²) in [5, 5.41) is 8.16. The summed E-state index contributed by atoms with van der Waals surface area (Å²) in [6.45, 7) is 3.84. The molecule has 3 heteroatoms. The fourth-order valence-electron chi connectivity index (χ4n) is 0.638. The highest BCUT2D eigenvalue weighted by Gasteiger charge is 2.04. The maximum atomic E-state index is 9.95. The molecule has 0 bridgehead atoms. The van der Waals surface area contributed by atoms with Crippen LogP contribution in [0.4, 0.5) is 4.79 Å². The van der Waals surface area contributed by atoms with Crippen LogP contribution in [-0.2, 0) is 4.74 Å². The number of hydrogen-bond acceptors (Lipinski definition) is 2. The van der Waals surface area contributed by atoms with Gasteiger partial charge in [0.25, 0.3) is 0 Å². The average molecular weight is 156 g/mol. The molecule has 0 spiro atoms. The first-order chi connectivity index (χ1) is 5.20. The number of carboxylic acid groups (broad SMARTS) is 1. The second kappa shape index (κ2) is 5.60. The van der Waals surface area contributed by atoms with E-state index in [4.69, 9.17) is 5.11 Å². The van der Waals surface area contributed by atoms with Gasteiger partial charge in [-0.05, 0) is 13.3 Å². The molecule has 1 N–H and O–H groups in total. The Morgan fingerprint density at radius 1 is 1.73 bits per heavy atom. The van der Waals surface area contributed by atoms with Crippen LogP contribution in [0.3, 0.4) is 0 Å². The van der Waals surface area contributed by atoms with E-state index in [9.17, 15) is 4.79 Å². The first-order valence-electron chi connectivity index (χ1n) is 3.48. The van der Waals surface area contributed by atoms with Crippen molar-refractivity contribution in [3.8, 4) is 11.8 Å². The SMILES string of the molecule is CC#CC(CC)COC(=O)O. The summed E-state index contributed by atoms with van der Waals surface area (Å²) in [6.07, 6.45) is -0.421. The standard InChI is InChI=1S/C8H12O3/c1-3-5-7(4-2)6-11-8(9)10/h7H,4,6H2,1-2H3,(H,9,10). The van der Waals surface area contributed by atoms with Crippen LogP contribution in [0.15, 0.2) is 0 Å². The molecule has 3 nitrogen and oxygen atoms in total. The molecule has 0 aliphatic rings. The van der Waals surface area contributed by atoms with E-state index >= 15 is 0 Å². The van der Waals surface area contributed by atoms with E-state index in [1.54, 1.807) is 6.92 Å². The van der Waals surface area contributed by atoms with Crippen LogP contribution < -0.4 is 0 Å². The predicted molar refractivity (Wildman–Crippen MR) is 41.2 cm³/mol. The normalized spacial score (nSPS) is 11.1. The Bertz CT molecular complexity index is 176. The monoisotopic (exact) mass is 156 g/mol. The van der Waals surface area contributed by atoms with Crippen molar-refractivity contribution < 1.29 is 14.6 Å². The third-order valence-electron chi connectivity index (χ3n) is 1.25. The number of carbonyl (C=O) groups is 1. The minimum Gasteiger partial charge on any atom is -0.450 e. The van der Waals surface area contributed by atoms with Gasteiger partial charge in [-0.3, -0.25) is 0 Å². The van der Waals surface area contributed by atoms with Crippen molar-refractivity contribution in [1.29, 1.82) is 0 Å². The van der Waals surface area contributed by atoms with E-state index in [2.05, 4.69) is 16.6 Å². The molecular weight excluding hydrogens is 144 g/mol. The van der Waals surface area contributed by atoms with Gasteiger partial charge in [-0.1, -0.05) is 12.8 Å². The first kappa shape index (κ1) is 9.83. The Morgan fingerprint density at radius 2 is 2.36 bits per heavy atom. The molecule has 1 atom stereocenters. The fourth-order valence-corrected chi connectivity index (χ4v) is 0.638. The predicted octanol–water partition coefficient (Wildman–Crippen LogP) is 1.73. The molecule has 0 heterocycles. The Balaban J connectivity index is 3.66. The van der Waals surface area contributed by atoms with Crippen LogP contribution >= 0.6 is 0 Å². The first-order valence-corrected chi connectivity index (χ1v) is 3.48. The van der Waals surface area contributed by atoms with Gasteiger partial charge in [-0.25, -0.2) is 4.79 Å². The molecular formula is C8H12O3. The quantitative estimate of drug-likeness (QED) is 0.500. The molecule has 0 aromatic carbocycles. The van der Waals surface area contributed by atoms with Crippen molar-refractivity contribution in [3.63, 3.8) is 0 Å². The lowest BCUT2D eigenvalue weighted by Crippen LogP contribution is -2.10. The van der Waals surface area contributed by atoms with Crippen LogP contribution in [0.1, 0.15) is 20.3 Å². The molecule has 0 radical (unpaired) electrons. The van der Waals surface area contributed by atoms with Gasteiger partial charge in [0.15, 0.2) is 0 Å². The van der Waals surface area contributed by atoms with E-state index in [0.29, 0.717) is 0 Å². The number of rotatable bonds is 3. The molecule has 0 fully saturated rings. The molecule has 11 heavy (non-hydrogen) atoms. The van der Waals surface area contributed by atoms with Crippen molar-refractivity contribution in [2.75, 3.05) is 6.61 Å².